The molecule has 0 atom stereocenters. The van der Waals surface area contributed by atoms with Crippen molar-refractivity contribution < 1.29 is 23.9 Å². The molecular formula is C22H37N3O5. The maximum Gasteiger partial charge on any atom is 0.326 e. The summed E-state index contributed by atoms with van der Waals surface area (Å²) in [6.07, 6.45) is 6.03. The average molecular weight is 424 g/mol. The first kappa shape index (κ1) is 24.2. The zero-order valence-electron chi connectivity index (χ0n) is 19.0. The summed E-state index contributed by atoms with van der Waals surface area (Å²) < 4.78 is 5.01. The summed E-state index contributed by atoms with van der Waals surface area (Å²) in [6.45, 7) is 9.53. The van der Waals surface area contributed by atoms with Crippen LogP contribution in [-0.2, 0) is 19.1 Å². The maximum absolute atomic E-state index is 12.5. The lowest BCUT2D eigenvalue weighted by Gasteiger charge is -2.39. The monoisotopic (exact) mass is 423 g/mol. The molecule has 0 bridgehead atoms. The summed E-state index contributed by atoms with van der Waals surface area (Å²) in [5, 5.41) is 5.59. The number of esters is 1. The van der Waals surface area contributed by atoms with Gasteiger partial charge in [-0.3, -0.25) is 19.3 Å². The molecule has 4 amide bonds. The van der Waals surface area contributed by atoms with Crippen molar-refractivity contribution in [3.8, 4) is 0 Å². The van der Waals surface area contributed by atoms with Gasteiger partial charge in [0.1, 0.15) is 12.1 Å². The van der Waals surface area contributed by atoms with E-state index in [-0.39, 0.29) is 11.9 Å². The van der Waals surface area contributed by atoms with Crippen molar-refractivity contribution in [2.45, 2.75) is 91.1 Å². The molecule has 0 aromatic carbocycles. The molecule has 2 fully saturated rings. The highest BCUT2D eigenvalue weighted by molar-refractivity contribution is 6.08. The molecule has 1 saturated carbocycles. The zero-order valence-corrected chi connectivity index (χ0v) is 19.0. The van der Waals surface area contributed by atoms with E-state index in [0.717, 1.165) is 37.0 Å². The van der Waals surface area contributed by atoms with Crippen LogP contribution in [0.1, 0.15) is 79.6 Å². The van der Waals surface area contributed by atoms with Gasteiger partial charge in [-0.15, -0.1) is 0 Å². The standard InChI is InChI=1S/C22H37N3O5/c1-6-21(4,5)15-9-11-16(12-10-15)23-17(26)14-30-18(27)13-25-19(28)22(7-2,8-3)24-20(25)29/h15-16H,6-14H2,1-5H3,(H,23,26)(H,24,29). The predicted octanol–water partition coefficient (Wildman–Crippen LogP) is 2.75. The van der Waals surface area contributed by atoms with Crippen molar-refractivity contribution in [2.24, 2.45) is 11.3 Å². The SMILES string of the molecule is CCC1(CC)NC(=O)N(CC(=O)OCC(=O)NC2CCC(C(C)(C)CC)CC2)C1=O. The first-order valence-electron chi connectivity index (χ1n) is 11.2. The van der Waals surface area contributed by atoms with Crippen LogP contribution in [0.5, 0.6) is 0 Å². The largest absolute Gasteiger partial charge is 0.454 e. The van der Waals surface area contributed by atoms with Crippen LogP contribution in [0.15, 0.2) is 0 Å². The third-order valence-electron chi connectivity index (χ3n) is 7.21. The van der Waals surface area contributed by atoms with Gasteiger partial charge in [0, 0.05) is 6.04 Å². The Morgan fingerprint density at radius 3 is 2.23 bits per heavy atom. The van der Waals surface area contributed by atoms with Crippen molar-refractivity contribution in [2.75, 3.05) is 13.2 Å². The fraction of sp³-hybridized carbons (Fsp3) is 0.818. The Kier molecular flexibility index (Phi) is 7.88. The average Bonchev–Trinajstić information content (AvgIpc) is 2.97. The second-order valence-electron chi connectivity index (χ2n) is 9.23. The quantitative estimate of drug-likeness (QED) is 0.438. The van der Waals surface area contributed by atoms with Gasteiger partial charge >= 0.3 is 12.0 Å². The lowest BCUT2D eigenvalue weighted by molar-refractivity contribution is -0.151. The maximum atomic E-state index is 12.5. The van der Waals surface area contributed by atoms with Crippen molar-refractivity contribution in [1.29, 1.82) is 0 Å². The van der Waals surface area contributed by atoms with Crippen LogP contribution in [-0.4, -0.2) is 53.4 Å². The molecule has 0 aromatic heterocycles. The minimum Gasteiger partial charge on any atom is -0.454 e. The van der Waals surface area contributed by atoms with Gasteiger partial charge in [-0.1, -0.05) is 41.0 Å². The Morgan fingerprint density at radius 1 is 1.13 bits per heavy atom. The number of imide groups is 1. The van der Waals surface area contributed by atoms with E-state index in [0.29, 0.717) is 24.2 Å². The van der Waals surface area contributed by atoms with E-state index in [9.17, 15) is 19.2 Å². The van der Waals surface area contributed by atoms with Crippen LogP contribution in [0, 0.1) is 11.3 Å². The molecular weight excluding hydrogens is 386 g/mol. The van der Waals surface area contributed by atoms with Crippen LogP contribution < -0.4 is 10.6 Å². The number of carbonyl (C=O) groups is 4. The number of hydrogen-bond donors (Lipinski definition) is 2. The van der Waals surface area contributed by atoms with Crippen LogP contribution in [0.2, 0.25) is 0 Å². The molecule has 0 unspecified atom stereocenters. The second kappa shape index (κ2) is 9.79. The molecule has 0 radical (unpaired) electrons. The zero-order chi connectivity index (χ0) is 22.5. The van der Waals surface area contributed by atoms with E-state index < -0.39 is 36.6 Å². The van der Waals surface area contributed by atoms with Crippen LogP contribution in [0.3, 0.4) is 0 Å². The number of hydrogen-bond acceptors (Lipinski definition) is 5. The highest BCUT2D eigenvalue weighted by Crippen LogP contribution is 2.40. The molecule has 2 rings (SSSR count). The van der Waals surface area contributed by atoms with Gasteiger partial charge in [0.15, 0.2) is 6.61 Å². The summed E-state index contributed by atoms with van der Waals surface area (Å²) in [6, 6.07) is -0.502. The molecule has 8 nitrogen and oxygen atoms in total. The van der Waals surface area contributed by atoms with Gasteiger partial charge < -0.3 is 15.4 Å². The Bertz CT molecular complexity index is 664. The minimum atomic E-state index is -0.958. The fourth-order valence-corrected chi connectivity index (χ4v) is 4.45. The summed E-state index contributed by atoms with van der Waals surface area (Å²) in [5.41, 5.74) is -0.642. The molecule has 0 spiro atoms. The number of amides is 4. The number of rotatable bonds is 9. The van der Waals surface area contributed by atoms with Crippen molar-refractivity contribution in [1.82, 2.24) is 15.5 Å². The fourth-order valence-electron chi connectivity index (χ4n) is 4.45. The molecule has 170 valence electrons. The van der Waals surface area contributed by atoms with E-state index in [1.165, 1.54) is 0 Å². The molecule has 8 heteroatoms. The molecule has 0 aromatic rings. The summed E-state index contributed by atoms with van der Waals surface area (Å²) in [7, 11) is 0. The van der Waals surface area contributed by atoms with Crippen molar-refractivity contribution >= 4 is 23.8 Å². The predicted molar refractivity (Wildman–Crippen MR) is 112 cm³/mol. The number of urea groups is 1. The van der Waals surface area contributed by atoms with Crippen LogP contribution in [0.4, 0.5) is 4.79 Å². The van der Waals surface area contributed by atoms with Crippen molar-refractivity contribution in [3.63, 3.8) is 0 Å². The van der Waals surface area contributed by atoms with Gasteiger partial charge in [0.05, 0.1) is 0 Å². The normalized spacial score (nSPS) is 23.8. The third-order valence-corrected chi connectivity index (χ3v) is 7.21. The Balaban J connectivity index is 1.75. The molecule has 2 N–H and O–H groups in total. The van der Waals surface area contributed by atoms with Gasteiger partial charge in [0.2, 0.25) is 0 Å². The minimum absolute atomic E-state index is 0.0979. The summed E-state index contributed by atoms with van der Waals surface area (Å²) in [5.74, 6) is -0.887. The van der Waals surface area contributed by atoms with E-state index in [4.69, 9.17) is 4.74 Å². The lowest BCUT2D eigenvalue weighted by Crippen LogP contribution is -2.46. The Hall–Kier alpha value is -2.12. The Labute approximate surface area is 179 Å². The number of carbonyl (C=O) groups excluding carboxylic acids is 4. The van der Waals surface area contributed by atoms with E-state index >= 15 is 0 Å². The Morgan fingerprint density at radius 2 is 1.73 bits per heavy atom. The molecule has 30 heavy (non-hydrogen) atoms. The number of nitrogens with one attached hydrogen (secondary N) is 2. The van der Waals surface area contributed by atoms with E-state index in [2.05, 4.69) is 31.4 Å². The molecule has 1 aliphatic carbocycles. The highest BCUT2D eigenvalue weighted by atomic mass is 16.5. The lowest BCUT2D eigenvalue weighted by atomic mass is 9.69. The van der Waals surface area contributed by atoms with Gasteiger partial charge in [-0.05, 0) is 49.9 Å². The summed E-state index contributed by atoms with van der Waals surface area (Å²) in [4.78, 5) is 49.7. The van der Waals surface area contributed by atoms with Gasteiger partial charge in [-0.2, -0.15) is 0 Å². The topological polar surface area (TPSA) is 105 Å². The van der Waals surface area contributed by atoms with Gasteiger partial charge in [0.25, 0.3) is 11.8 Å². The highest BCUT2D eigenvalue weighted by Gasteiger charge is 2.49. The first-order valence-corrected chi connectivity index (χ1v) is 11.2. The smallest absolute Gasteiger partial charge is 0.326 e. The molecule has 1 saturated heterocycles. The third kappa shape index (κ3) is 5.32. The van der Waals surface area contributed by atoms with Crippen LogP contribution in [0.25, 0.3) is 0 Å². The van der Waals surface area contributed by atoms with Crippen LogP contribution >= 0.6 is 0 Å². The molecule has 1 heterocycles. The number of nitrogens with zero attached hydrogens (tertiary/aromatic N) is 1. The van der Waals surface area contributed by atoms with E-state index in [1.807, 2.05) is 13.8 Å². The molecule has 1 aliphatic heterocycles. The van der Waals surface area contributed by atoms with Gasteiger partial charge in [-0.25, -0.2) is 4.79 Å². The summed E-state index contributed by atoms with van der Waals surface area (Å²) >= 11 is 0. The molecule has 2 aliphatic rings. The van der Waals surface area contributed by atoms with Crippen molar-refractivity contribution in [3.05, 3.63) is 0 Å². The first-order chi connectivity index (χ1) is 14.1. The number of ether oxygens (including phenoxy) is 1. The second-order valence-corrected chi connectivity index (χ2v) is 9.23. The van der Waals surface area contributed by atoms with E-state index in [1.54, 1.807) is 0 Å².